The van der Waals surface area contributed by atoms with Crippen LogP contribution in [-0.2, 0) is 32.5 Å². The number of anilines is 2. The van der Waals surface area contributed by atoms with Crippen molar-refractivity contribution in [3.05, 3.63) is 110 Å². The van der Waals surface area contributed by atoms with E-state index < -0.39 is 57.1 Å². The molecule has 2 aliphatic rings. The summed E-state index contributed by atoms with van der Waals surface area (Å²) in [7, 11) is 0. The lowest BCUT2D eigenvalue weighted by Gasteiger charge is -2.31. The molecular weight excluding hydrogens is 636 g/mol. The summed E-state index contributed by atoms with van der Waals surface area (Å²) in [6.07, 6.45) is -4.80. The lowest BCUT2D eigenvalue weighted by Crippen LogP contribution is -2.33. The number of thioether (sulfide) groups is 1. The first-order valence-corrected chi connectivity index (χ1v) is 16.3. The van der Waals surface area contributed by atoms with Crippen LogP contribution in [0.25, 0.3) is 0 Å². The third-order valence-corrected chi connectivity index (χ3v) is 11.0. The van der Waals surface area contributed by atoms with Gasteiger partial charge in [-0.05, 0) is 47.2 Å². The van der Waals surface area contributed by atoms with E-state index in [9.17, 15) is 32.3 Å². The van der Waals surface area contributed by atoms with E-state index in [2.05, 4.69) is 26.1 Å². The predicted molar refractivity (Wildman–Crippen MR) is 172 cm³/mol. The van der Waals surface area contributed by atoms with Crippen molar-refractivity contribution in [2.75, 3.05) is 10.2 Å². The standard InChI is InChI=1S/C34H30F3N3O4S2/c1-18-9-5-7-11-22(18)38-24(41)17-39-31-28(46-32(39)44)25(19-13-15-20(16-14-19)33(2,3)4)26-27(45-31)30(43)40(29(26)42)23-12-8-6-10-21(23)34(35,36)37/h5-16,25-27H,17H2,1-4H3,(H,38,41)/t25-,26-,27+/m0/s1. The molecule has 0 saturated carbocycles. The number of nitrogens with zero attached hydrogens (tertiary/aromatic N) is 2. The summed E-state index contributed by atoms with van der Waals surface area (Å²) in [5.74, 6) is -3.89. The topological polar surface area (TPSA) is 88.5 Å². The van der Waals surface area contributed by atoms with Crippen molar-refractivity contribution in [1.82, 2.24) is 4.57 Å². The van der Waals surface area contributed by atoms with Gasteiger partial charge in [0.05, 0.1) is 22.2 Å². The van der Waals surface area contributed by atoms with Gasteiger partial charge in [0.15, 0.2) is 0 Å². The number of para-hydroxylation sites is 2. The summed E-state index contributed by atoms with van der Waals surface area (Å²) in [6.45, 7) is 7.65. The number of aryl methyl sites for hydroxylation is 1. The van der Waals surface area contributed by atoms with Crippen LogP contribution in [0.2, 0.25) is 0 Å². The second kappa shape index (κ2) is 11.6. The Morgan fingerprint density at radius 1 is 0.891 bits per heavy atom. The quantitative estimate of drug-likeness (QED) is 0.233. The Morgan fingerprint density at radius 2 is 1.54 bits per heavy atom. The highest BCUT2D eigenvalue weighted by atomic mass is 32.2. The molecule has 7 nitrogen and oxygen atoms in total. The Morgan fingerprint density at radius 3 is 2.20 bits per heavy atom. The number of amides is 3. The lowest BCUT2D eigenvalue weighted by atomic mass is 9.81. The molecule has 0 bridgehead atoms. The molecule has 6 rings (SSSR count). The number of hydrogen-bond donors (Lipinski definition) is 1. The molecule has 1 aromatic heterocycles. The molecule has 3 aromatic carbocycles. The monoisotopic (exact) mass is 665 g/mol. The van der Waals surface area contributed by atoms with Crippen LogP contribution in [0.5, 0.6) is 0 Å². The second-order valence-electron chi connectivity index (χ2n) is 12.4. The number of rotatable bonds is 5. The van der Waals surface area contributed by atoms with Gasteiger partial charge in [-0.2, -0.15) is 13.2 Å². The van der Waals surface area contributed by atoms with Crippen molar-refractivity contribution < 1.29 is 27.6 Å². The Bertz CT molecular complexity index is 1930. The van der Waals surface area contributed by atoms with Crippen molar-refractivity contribution in [2.24, 2.45) is 5.92 Å². The van der Waals surface area contributed by atoms with Gasteiger partial charge in [0.25, 0.3) is 0 Å². The van der Waals surface area contributed by atoms with Gasteiger partial charge in [-0.3, -0.25) is 23.7 Å². The Labute approximate surface area is 271 Å². The average molecular weight is 666 g/mol. The molecule has 12 heteroatoms. The minimum Gasteiger partial charge on any atom is -0.324 e. The van der Waals surface area contributed by atoms with Crippen molar-refractivity contribution in [3.63, 3.8) is 0 Å². The van der Waals surface area contributed by atoms with E-state index in [0.717, 1.165) is 46.4 Å². The molecule has 0 unspecified atom stereocenters. The molecule has 0 aliphatic carbocycles. The van der Waals surface area contributed by atoms with Gasteiger partial charge < -0.3 is 5.32 Å². The molecule has 4 aromatic rings. The number of benzene rings is 3. The third kappa shape index (κ3) is 5.57. The maximum atomic E-state index is 14.1. The van der Waals surface area contributed by atoms with E-state index in [1.807, 2.05) is 43.3 Å². The fourth-order valence-corrected chi connectivity index (χ4v) is 8.77. The number of imide groups is 1. The first-order chi connectivity index (χ1) is 21.7. The number of nitrogens with one attached hydrogen (secondary N) is 1. The number of halogens is 3. The number of fused-ring (bicyclic) bond motifs is 2. The fourth-order valence-electron chi connectivity index (χ4n) is 6.00. The molecule has 238 valence electrons. The highest BCUT2D eigenvalue weighted by molar-refractivity contribution is 8.00. The van der Waals surface area contributed by atoms with Gasteiger partial charge in [-0.25, -0.2) is 4.90 Å². The van der Waals surface area contributed by atoms with Crippen molar-refractivity contribution >= 4 is 52.2 Å². The minimum absolute atomic E-state index is 0.176. The molecule has 3 atom stereocenters. The zero-order valence-corrected chi connectivity index (χ0v) is 27.0. The van der Waals surface area contributed by atoms with E-state index in [4.69, 9.17) is 0 Å². The molecule has 2 aliphatic heterocycles. The Hall–Kier alpha value is -4.16. The average Bonchev–Trinajstić information content (AvgIpc) is 3.43. The summed E-state index contributed by atoms with van der Waals surface area (Å²) < 4.78 is 43.4. The van der Waals surface area contributed by atoms with E-state index >= 15 is 0 Å². The highest BCUT2D eigenvalue weighted by Crippen LogP contribution is 2.54. The zero-order valence-electron chi connectivity index (χ0n) is 25.3. The summed E-state index contributed by atoms with van der Waals surface area (Å²) >= 11 is 1.84. The van der Waals surface area contributed by atoms with Gasteiger partial charge in [-0.15, -0.1) is 0 Å². The van der Waals surface area contributed by atoms with Crippen LogP contribution in [0.3, 0.4) is 0 Å². The number of thiazole rings is 1. The number of carbonyl (C=O) groups is 3. The summed E-state index contributed by atoms with van der Waals surface area (Å²) in [5.41, 5.74) is 1.29. The summed E-state index contributed by atoms with van der Waals surface area (Å²) in [5, 5.41) is 2.06. The van der Waals surface area contributed by atoms with Crippen LogP contribution in [0.15, 0.2) is 82.6 Å². The van der Waals surface area contributed by atoms with Crippen LogP contribution in [0, 0.1) is 12.8 Å². The number of carbonyl (C=O) groups excluding carboxylic acids is 3. The SMILES string of the molecule is Cc1ccccc1NC(=O)Cn1c2c(sc1=O)[C@@H](c1ccc(C(C)(C)C)cc1)[C@@H]1C(=O)N(c3ccccc3C(F)(F)F)C(=O)[C@@H]1S2. The van der Waals surface area contributed by atoms with Crippen molar-refractivity contribution in [1.29, 1.82) is 0 Å². The van der Waals surface area contributed by atoms with Gasteiger partial charge >= 0.3 is 11.0 Å². The molecule has 3 amide bonds. The largest absolute Gasteiger partial charge is 0.418 e. The molecule has 0 spiro atoms. The minimum atomic E-state index is -4.80. The first-order valence-electron chi connectivity index (χ1n) is 14.6. The Kier molecular flexibility index (Phi) is 8.00. The maximum Gasteiger partial charge on any atom is 0.418 e. The Balaban J connectivity index is 1.45. The first kappa shape index (κ1) is 31.8. The number of aromatic nitrogens is 1. The van der Waals surface area contributed by atoms with Crippen LogP contribution >= 0.6 is 23.1 Å². The van der Waals surface area contributed by atoms with E-state index in [1.165, 1.54) is 16.7 Å². The van der Waals surface area contributed by atoms with Gasteiger partial charge in [-0.1, -0.05) is 98.5 Å². The fraction of sp³-hybridized carbons (Fsp3) is 0.294. The summed E-state index contributed by atoms with van der Waals surface area (Å²) in [6, 6.07) is 19.2. The normalized spacial score (nSPS) is 19.6. The third-order valence-electron chi connectivity index (χ3n) is 8.36. The van der Waals surface area contributed by atoms with Crippen molar-refractivity contribution in [2.45, 2.75) is 62.0 Å². The van der Waals surface area contributed by atoms with Crippen LogP contribution in [0.1, 0.15) is 53.8 Å². The molecule has 1 N–H and O–H groups in total. The lowest BCUT2D eigenvalue weighted by molar-refractivity contribution is -0.137. The molecule has 46 heavy (non-hydrogen) atoms. The van der Waals surface area contributed by atoms with Gasteiger partial charge in [0.2, 0.25) is 17.7 Å². The summed E-state index contributed by atoms with van der Waals surface area (Å²) in [4.78, 5) is 55.4. The molecule has 3 heterocycles. The maximum absolute atomic E-state index is 14.1. The molecule has 1 saturated heterocycles. The van der Waals surface area contributed by atoms with Crippen LogP contribution in [-0.4, -0.2) is 27.5 Å². The van der Waals surface area contributed by atoms with E-state index in [1.54, 1.807) is 12.1 Å². The predicted octanol–water partition coefficient (Wildman–Crippen LogP) is 6.97. The van der Waals surface area contributed by atoms with Crippen molar-refractivity contribution in [3.8, 4) is 0 Å². The van der Waals surface area contributed by atoms with Crippen LogP contribution < -0.4 is 15.1 Å². The van der Waals surface area contributed by atoms with Gasteiger partial charge in [0, 0.05) is 16.5 Å². The smallest absolute Gasteiger partial charge is 0.324 e. The molecular formula is C34H30F3N3O4S2. The second-order valence-corrected chi connectivity index (χ2v) is 14.6. The number of alkyl halides is 3. The molecule has 1 fully saturated rings. The van der Waals surface area contributed by atoms with Crippen LogP contribution in [0.4, 0.5) is 24.5 Å². The van der Waals surface area contributed by atoms with E-state index in [0.29, 0.717) is 26.1 Å². The number of hydrogen-bond acceptors (Lipinski definition) is 6. The zero-order chi connectivity index (χ0) is 33.1. The van der Waals surface area contributed by atoms with Gasteiger partial charge in [0.1, 0.15) is 11.8 Å². The van der Waals surface area contributed by atoms with E-state index in [-0.39, 0.29) is 12.0 Å². The highest BCUT2D eigenvalue weighted by Gasteiger charge is 2.57. The molecule has 0 radical (unpaired) electrons.